The molecule has 0 unspecified atom stereocenters. The van der Waals surface area contributed by atoms with Crippen LogP contribution in [0.1, 0.15) is 125 Å². The highest BCUT2D eigenvalue weighted by Crippen LogP contribution is 2.49. The van der Waals surface area contributed by atoms with E-state index < -0.39 is 82.3 Å². The molecule has 29 heteroatoms. The smallest absolute Gasteiger partial charge is 0.391 e. The Morgan fingerprint density at radius 3 is 2.15 bits per heavy atom. The number of unbranched alkanes of at least 4 members (excludes halogenated alkanes) is 2. The number of allylic oxidation sites excluding steroid dienone is 1. The van der Waals surface area contributed by atoms with Gasteiger partial charge in [-0.1, -0.05) is 99.0 Å². The number of carbonyl (C=O) groups excluding carboxylic acids is 5. The number of amides is 5. The van der Waals surface area contributed by atoms with Crippen LogP contribution < -0.4 is 25.6 Å². The molecule has 4 fully saturated rings. The van der Waals surface area contributed by atoms with Gasteiger partial charge in [0.2, 0.25) is 23.6 Å². The summed E-state index contributed by atoms with van der Waals surface area (Å²) in [6.45, 7) is 16.9. The molecular formula is C77H94ClF3N10O11S4. The molecule has 5 amide bonds. The highest BCUT2D eigenvalue weighted by Gasteiger charge is 2.50. The summed E-state index contributed by atoms with van der Waals surface area (Å²) in [6, 6.07) is 31.0. The monoisotopic (exact) mass is 1550 g/mol. The average molecular weight is 1560 g/mol. The fourth-order valence-corrected chi connectivity index (χ4v) is 18.6. The quantitative estimate of drug-likeness (QED) is 0.0226. The second kappa shape index (κ2) is 34.4. The minimum atomic E-state index is -6.11. The highest BCUT2D eigenvalue weighted by molar-refractivity contribution is 7.99. The number of piperazine rings is 1. The predicted molar refractivity (Wildman–Crippen MR) is 407 cm³/mol. The van der Waals surface area contributed by atoms with Crippen molar-refractivity contribution in [2.45, 2.75) is 149 Å². The molecule has 0 saturated carbocycles. The summed E-state index contributed by atoms with van der Waals surface area (Å²) in [5, 5.41) is 20.4. The van der Waals surface area contributed by atoms with Gasteiger partial charge in [0.1, 0.15) is 17.0 Å². The van der Waals surface area contributed by atoms with Gasteiger partial charge >= 0.3 is 5.51 Å². The van der Waals surface area contributed by atoms with Gasteiger partial charge < -0.3 is 40.5 Å². The van der Waals surface area contributed by atoms with E-state index >= 15 is 0 Å². The van der Waals surface area contributed by atoms with Crippen LogP contribution in [0.5, 0.6) is 0 Å². The Bertz CT molecular complexity index is 4360. The van der Waals surface area contributed by atoms with Crippen LogP contribution in [0.4, 0.5) is 24.5 Å². The zero-order valence-electron chi connectivity index (χ0n) is 60.3. The number of ether oxygens (including phenoxy) is 1. The molecule has 21 nitrogen and oxygen atoms in total. The van der Waals surface area contributed by atoms with E-state index in [1.165, 1.54) is 39.9 Å². The number of benzene rings is 5. The van der Waals surface area contributed by atoms with Gasteiger partial charge in [0.05, 0.1) is 52.0 Å². The number of sulfonamides is 1. The number of aliphatic hydroxyl groups excluding tert-OH is 1. The number of likely N-dealkylation sites (tertiary alicyclic amines) is 2. The summed E-state index contributed by atoms with van der Waals surface area (Å²) in [4.78, 5) is 83.3. The summed E-state index contributed by atoms with van der Waals surface area (Å²) in [5.74, 6) is -1.79. The molecule has 4 aliphatic heterocycles. The summed E-state index contributed by atoms with van der Waals surface area (Å²) >= 11 is 9.36. The number of morpholine rings is 1. The number of thioether (sulfide) groups is 1. The van der Waals surface area contributed by atoms with Crippen molar-refractivity contribution in [2.24, 2.45) is 10.8 Å². The summed E-state index contributed by atoms with van der Waals surface area (Å²) in [7, 11) is -11.0. The van der Waals surface area contributed by atoms with E-state index in [2.05, 4.69) is 47.8 Å². The largest absolute Gasteiger partial charge is 0.501 e. The van der Waals surface area contributed by atoms with Gasteiger partial charge in [-0.05, 0) is 147 Å². The SMILES string of the molecule is Cc1ncsc1-c1ccc([C@H](C)NC(=O)[C@@H]2C[C@@H](O)CN2C(=O)[C@@H](NC(=O)CCCCCC(=O)N2CC3(CCC(c4ccc(Cl)cc4)=C(CN4CCN(c5ccc(C(=O)NS(=O)(=O)c6ccc(N[C@H](CCN7CCOCC7)CSc7ccccc7)c(S(=O)(=O)C(F)(F)F)c6)cc5)CC4)C3)C2)C(C)(C)C)cc1. The molecular weight excluding hydrogens is 1460 g/mol. The average Bonchev–Trinajstić information content (AvgIpc) is 1.00. The van der Waals surface area contributed by atoms with Crippen molar-refractivity contribution in [3.63, 3.8) is 0 Å². The van der Waals surface area contributed by atoms with Crippen molar-refractivity contribution in [1.82, 2.24) is 39.9 Å². The van der Waals surface area contributed by atoms with Gasteiger partial charge in [0.25, 0.3) is 25.8 Å². The van der Waals surface area contributed by atoms with E-state index in [1.807, 2.05) is 111 Å². The number of nitrogens with one attached hydrogen (secondary N) is 4. The fourth-order valence-electron chi connectivity index (χ4n) is 14.6. The van der Waals surface area contributed by atoms with Crippen LogP contribution in [0.2, 0.25) is 5.02 Å². The van der Waals surface area contributed by atoms with Gasteiger partial charge in [-0.15, -0.1) is 23.1 Å². The Hall–Kier alpha value is -7.41. The van der Waals surface area contributed by atoms with E-state index in [1.54, 1.807) is 29.0 Å². The number of carbonyl (C=O) groups is 5. The van der Waals surface area contributed by atoms with Crippen LogP contribution in [0, 0.1) is 17.8 Å². The van der Waals surface area contributed by atoms with Gasteiger partial charge in [0.15, 0.2) is 0 Å². The maximum absolute atomic E-state index is 14.4. The Morgan fingerprint density at radius 1 is 0.811 bits per heavy atom. The van der Waals surface area contributed by atoms with Gasteiger partial charge in [-0.25, -0.2) is 26.5 Å². The summed E-state index contributed by atoms with van der Waals surface area (Å²) in [6.07, 6.45) is 4.35. The fraction of sp³-hybridized carbons (Fsp3) is 0.481. The Morgan fingerprint density at radius 2 is 1.49 bits per heavy atom. The molecule has 11 rings (SSSR count). The number of aromatic nitrogens is 1. The molecule has 4 saturated heterocycles. The lowest BCUT2D eigenvalue weighted by atomic mass is 9.65. The van der Waals surface area contributed by atoms with Crippen molar-refractivity contribution in [3.8, 4) is 10.4 Å². The molecule has 5 aliphatic rings. The maximum atomic E-state index is 14.4. The molecule has 1 aliphatic carbocycles. The molecule has 5 N–H and O–H groups in total. The molecule has 5 atom stereocenters. The number of hydrogen-bond donors (Lipinski definition) is 5. The Kier molecular flexibility index (Phi) is 25.9. The first-order valence-electron chi connectivity index (χ1n) is 36.1. The lowest BCUT2D eigenvalue weighted by Gasteiger charge is -2.53. The van der Waals surface area contributed by atoms with Gasteiger partial charge in [-0.2, -0.15) is 13.2 Å². The molecule has 570 valence electrons. The van der Waals surface area contributed by atoms with Crippen LogP contribution in [0.3, 0.4) is 0 Å². The van der Waals surface area contributed by atoms with E-state index in [0.717, 1.165) is 69.2 Å². The number of anilines is 2. The van der Waals surface area contributed by atoms with Crippen LogP contribution >= 0.6 is 34.7 Å². The zero-order valence-corrected chi connectivity index (χ0v) is 64.4. The molecule has 6 aromatic rings. The van der Waals surface area contributed by atoms with Crippen molar-refractivity contribution in [3.05, 3.63) is 160 Å². The number of nitrogens with zero attached hydrogens (tertiary/aromatic N) is 6. The second-order valence-corrected chi connectivity index (χ2v) is 35.5. The highest BCUT2D eigenvalue weighted by atomic mass is 35.5. The third-order valence-corrected chi connectivity index (χ3v) is 25.9. The first-order chi connectivity index (χ1) is 50.4. The van der Waals surface area contributed by atoms with Gasteiger partial charge in [-0.3, -0.25) is 33.8 Å². The molecule has 5 aromatic carbocycles. The lowest BCUT2D eigenvalue weighted by molar-refractivity contribution is -0.144. The third-order valence-electron chi connectivity index (χ3n) is 20.7. The van der Waals surface area contributed by atoms with Crippen molar-refractivity contribution >= 4 is 101 Å². The number of thiazole rings is 1. The zero-order chi connectivity index (χ0) is 75.7. The minimum absolute atomic E-state index is 0.0383. The van der Waals surface area contributed by atoms with E-state index in [0.29, 0.717) is 128 Å². The maximum Gasteiger partial charge on any atom is 0.501 e. The number of β-amino-alcohol motifs (C(OH)–C–C–N with tert-alkyl or cyclic N) is 1. The van der Waals surface area contributed by atoms with Crippen molar-refractivity contribution < 1.29 is 63.8 Å². The molecule has 0 bridgehead atoms. The summed E-state index contributed by atoms with van der Waals surface area (Å²) in [5.41, 5.74) is 2.07. The van der Waals surface area contributed by atoms with E-state index in [9.17, 15) is 59.1 Å². The van der Waals surface area contributed by atoms with Crippen molar-refractivity contribution in [2.75, 3.05) is 101 Å². The number of aryl methyl sites for hydroxylation is 1. The third kappa shape index (κ3) is 19.9. The number of aliphatic hydroxyl groups is 1. The second-order valence-electron chi connectivity index (χ2n) is 29.5. The van der Waals surface area contributed by atoms with E-state index in [-0.39, 0.29) is 54.1 Å². The molecule has 0 radical (unpaired) electrons. The molecule has 106 heavy (non-hydrogen) atoms. The van der Waals surface area contributed by atoms with Crippen LogP contribution in [-0.4, -0.2) is 197 Å². The Balaban J connectivity index is 0.643. The minimum Gasteiger partial charge on any atom is -0.391 e. The lowest BCUT2D eigenvalue weighted by Crippen LogP contribution is -2.59. The number of hydrogen-bond acceptors (Lipinski definition) is 18. The van der Waals surface area contributed by atoms with Gasteiger partial charge in [0, 0.05) is 130 Å². The molecule has 5 heterocycles. The number of alkyl halides is 3. The molecule has 1 aromatic heterocycles. The Labute approximate surface area is 632 Å². The number of rotatable bonds is 28. The van der Waals surface area contributed by atoms with Crippen LogP contribution in [0.25, 0.3) is 16.0 Å². The number of halogens is 4. The molecule has 1 spiro atoms. The number of sulfone groups is 1. The van der Waals surface area contributed by atoms with E-state index in [4.69, 9.17) is 16.3 Å². The van der Waals surface area contributed by atoms with Crippen LogP contribution in [-0.2, 0) is 43.8 Å². The first kappa shape index (κ1) is 79.6. The summed E-state index contributed by atoms with van der Waals surface area (Å²) < 4.78 is 105. The predicted octanol–water partition coefficient (Wildman–Crippen LogP) is 11.4. The normalized spacial score (nSPS) is 19.1. The topological polar surface area (TPSA) is 260 Å². The van der Waals surface area contributed by atoms with Crippen molar-refractivity contribution in [1.29, 1.82) is 0 Å². The first-order valence-corrected chi connectivity index (χ1v) is 41.3. The standard InChI is InChI=1S/C77H94ClF3N10O11S4/c1-51(53-16-18-55(19-17-53)70-52(2)82-50-104-70)83-73(96)66-42-61(92)46-91(66)74(97)71(75(3,4)5)85-68(93)14-10-7-11-15-69(94)90-48-76(49-90)32-30-64(54-20-24-58(78)25-21-54)57(44-76)45-88-34-36-89(37-35-88)60-26-22-56(23-27-60)72(95)86-106(100,101)63-28-29-65(67(43-63)105(98,99)77(79,80)81)84-59(31-33-87-38-40-102-41-39-87)47-103-62-12-8-6-9-13-62/h6,8-9,12-13,16-29,43,50-51,59,61,66,71,84,92H,7,10-11,14-15,30-42,44-49H2,1-5H3,(H,83,96)(H,85,93)(H,86,95)/t51-,59+,61+,66-,71+/m0/s1. The van der Waals surface area contributed by atoms with Crippen LogP contribution in [0.15, 0.2) is 147 Å².